The standard InChI is InChI=1S/C20H22N2O3/c1-13-16(17-8-3-4-9-18(17)22-13)10-11-21-20(24)19(23)14-6-5-7-15(12-14)25-2/h3-9,12,19,22-23H,10-11H2,1-2H3,(H,21,24)/t19-/m0/s1. The van der Waals surface area contributed by atoms with Crippen LogP contribution in [0.15, 0.2) is 48.5 Å². The number of carbonyl (C=O) groups is 1. The summed E-state index contributed by atoms with van der Waals surface area (Å²) in [6.07, 6.45) is -0.508. The average Bonchev–Trinajstić information content (AvgIpc) is 2.96. The molecule has 5 nitrogen and oxygen atoms in total. The third kappa shape index (κ3) is 3.67. The minimum Gasteiger partial charge on any atom is -0.497 e. The van der Waals surface area contributed by atoms with Gasteiger partial charge in [0.05, 0.1) is 7.11 Å². The summed E-state index contributed by atoms with van der Waals surface area (Å²) < 4.78 is 5.12. The van der Waals surface area contributed by atoms with E-state index >= 15 is 0 Å². The van der Waals surface area contributed by atoms with E-state index in [4.69, 9.17) is 4.74 Å². The van der Waals surface area contributed by atoms with Crippen LogP contribution in [0.1, 0.15) is 22.9 Å². The lowest BCUT2D eigenvalue weighted by molar-refractivity contribution is -0.129. The molecule has 2 aromatic carbocycles. The fourth-order valence-corrected chi connectivity index (χ4v) is 3.03. The number of aliphatic hydroxyl groups excluding tert-OH is 1. The molecule has 1 aromatic heterocycles. The van der Waals surface area contributed by atoms with Gasteiger partial charge in [-0.3, -0.25) is 4.79 Å². The summed E-state index contributed by atoms with van der Waals surface area (Å²) in [7, 11) is 1.55. The van der Waals surface area contributed by atoms with E-state index < -0.39 is 12.0 Å². The van der Waals surface area contributed by atoms with Crippen molar-refractivity contribution in [2.24, 2.45) is 0 Å². The number of fused-ring (bicyclic) bond motifs is 1. The molecule has 1 amide bonds. The summed E-state index contributed by atoms with van der Waals surface area (Å²) in [6, 6.07) is 15.0. The van der Waals surface area contributed by atoms with Gasteiger partial charge in [-0.05, 0) is 42.7 Å². The topological polar surface area (TPSA) is 74.3 Å². The molecule has 0 fully saturated rings. The second kappa shape index (κ2) is 7.40. The predicted octanol–water partition coefficient (Wildman–Crippen LogP) is 2.88. The number of carbonyl (C=O) groups excluding carboxylic acids is 1. The van der Waals surface area contributed by atoms with Crippen molar-refractivity contribution in [3.63, 3.8) is 0 Å². The van der Waals surface area contributed by atoms with Crippen molar-refractivity contribution >= 4 is 16.8 Å². The molecule has 0 radical (unpaired) electrons. The van der Waals surface area contributed by atoms with Crippen molar-refractivity contribution in [3.05, 3.63) is 65.4 Å². The number of para-hydroxylation sites is 1. The maximum atomic E-state index is 12.2. The maximum Gasteiger partial charge on any atom is 0.253 e. The van der Waals surface area contributed by atoms with Crippen LogP contribution in [-0.2, 0) is 11.2 Å². The number of nitrogens with one attached hydrogen (secondary N) is 2. The van der Waals surface area contributed by atoms with Crippen LogP contribution in [0.3, 0.4) is 0 Å². The van der Waals surface area contributed by atoms with Crippen molar-refractivity contribution in [2.75, 3.05) is 13.7 Å². The van der Waals surface area contributed by atoms with E-state index in [0.29, 0.717) is 24.3 Å². The summed E-state index contributed by atoms with van der Waals surface area (Å²) in [6.45, 7) is 2.49. The summed E-state index contributed by atoms with van der Waals surface area (Å²) in [5.74, 6) is 0.199. The van der Waals surface area contributed by atoms with E-state index in [1.807, 2.05) is 25.1 Å². The second-order valence-electron chi connectivity index (χ2n) is 5.99. The Bertz CT molecular complexity index is 886. The Balaban J connectivity index is 1.63. The smallest absolute Gasteiger partial charge is 0.253 e. The molecule has 0 aliphatic rings. The molecule has 1 atom stereocenters. The first-order valence-electron chi connectivity index (χ1n) is 8.26. The molecule has 130 valence electrons. The number of hydrogen-bond donors (Lipinski definition) is 3. The molecule has 3 aromatic rings. The highest BCUT2D eigenvalue weighted by atomic mass is 16.5. The molecule has 0 saturated heterocycles. The summed E-state index contributed by atoms with van der Waals surface area (Å²) in [4.78, 5) is 15.6. The monoisotopic (exact) mass is 338 g/mol. The van der Waals surface area contributed by atoms with E-state index in [1.165, 1.54) is 10.9 Å². The summed E-state index contributed by atoms with van der Waals surface area (Å²) in [5, 5.41) is 14.2. The molecule has 5 heteroatoms. The Hall–Kier alpha value is -2.79. The van der Waals surface area contributed by atoms with Crippen LogP contribution in [0.2, 0.25) is 0 Å². The maximum absolute atomic E-state index is 12.2. The van der Waals surface area contributed by atoms with Gasteiger partial charge in [-0.15, -0.1) is 0 Å². The van der Waals surface area contributed by atoms with Crippen LogP contribution in [-0.4, -0.2) is 29.7 Å². The van der Waals surface area contributed by atoms with Crippen molar-refractivity contribution in [1.82, 2.24) is 10.3 Å². The van der Waals surface area contributed by atoms with Gasteiger partial charge >= 0.3 is 0 Å². The zero-order chi connectivity index (χ0) is 17.8. The largest absolute Gasteiger partial charge is 0.497 e. The van der Waals surface area contributed by atoms with E-state index in [2.05, 4.69) is 16.4 Å². The Morgan fingerprint density at radius 3 is 2.84 bits per heavy atom. The fraction of sp³-hybridized carbons (Fsp3) is 0.250. The lowest BCUT2D eigenvalue weighted by Gasteiger charge is -2.12. The molecule has 25 heavy (non-hydrogen) atoms. The molecule has 0 bridgehead atoms. The van der Waals surface area contributed by atoms with E-state index in [-0.39, 0.29) is 0 Å². The van der Waals surface area contributed by atoms with Gasteiger partial charge in [-0.2, -0.15) is 0 Å². The summed E-state index contributed by atoms with van der Waals surface area (Å²) >= 11 is 0. The Labute approximate surface area is 146 Å². The van der Waals surface area contributed by atoms with E-state index in [9.17, 15) is 9.90 Å². The Morgan fingerprint density at radius 2 is 2.04 bits per heavy atom. The quantitative estimate of drug-likeness (QED) is 0.647. The Kier molecular flexibility index (Phi) is 5.05. The van der Waals surface area contributed by atoms with Crippen LogP contribution < -0.4 is 10.1 Å². The molecule has 1 heterocycles. The molecular formula is C20H22N2O3. The van der Waals surface area contributed by atoms with Crippen molar-refractivity contribution in [2.45, 2.75) is 19.4 Å². The van der Waals surface area contributed by atoms with Crippen molar-refractivity contribution in [3.8, 4) is 5.75 Å². The van der Waals surface area contributed by atoms with Gasteiger partial charge in [-0.25, -0.2) is 0 Å². The van der Waals surface area contributed by atoms with Crippen LogP contribution in [0, 0.1) is 6.92 Å². The third-order valence-corrected chi connectivity index (χ3v) is 4.36. The molecule has 0 unspecified atom stereocenters. The average molecular weight is 338 g/mol. The SMILES string of the molecule is COc1cccc([C@H](O)C(=O)NCCc2c(C)[nH]c3ccccc23)c1. The number of benzene rings is 2. The van der Waals surface area contributed by atoms with Crippen molar-refractivity contribution < 1.29 is 14.6 Å². The van der Waals surface area contributed by atoms with Crippen LogP contribution >= 0.6 is 0 Å². The van der Waals surface area contributed by atoms with Crippen LogP contribution in [0.5, 0.6) is 5.75 Å². The zero-order valence-electron chi connectivity index (χ0n) is 14.4. The molecule has 0 spiro atoms. The van der Waals surface area contributed by atoms with Gasteiger partial charge in [0.15, 0.2) is 6.10 Å². The van der Waals surface area contributed by atoms with Gasteiger partial charge in [0, 0.05) is 23.1 Å². The van der Waals surface area contributed by atoms with E-state index in [0.717, 1.165) is 11.2 Å². The highest BCUT2D eigenvalue weighted by Gasteiger charge is 2.17. The van der Waals surface area contributed by atoms with Gasteiger partial charge < -0.3 is 20.1 Å². The zero-order valence-corrected chi connectivity index (χ0v) is 14.4. The normalized spacial score (nSPS) is 12.1. The third-order valence-electron chi connectivity index (χ3n) is 4.36. The highest BCUT2D eigenvalue weighted by molar-refractivity contribution is 5.85. The first kappa shape index (κ1) is 17.0. The highest BCUT2D eigenvalue weighted by Crippen LogP contribution is 2.22. The number of H-pyrrole nitrogens is 1. The number of rotatable bonds is 6. The van der Waals surface area contributed by atoms with Gasteiger partial charge in [0.1, 0.15) is 5.75 Å². The van der Waals surface area contributed by atoms with Gasteiger partial charge in [-0.1, -0.05) is 30.3 Å². The molecule has 0 saturated carbocycles. The van der Waals surface area contributed by atoms with Crippen LogP contribution in [0.25, 0.3) is 10.9 Å². The Morgan fingerprint density at radius 1 is 1.24 bits per heavy atom. The molecule has 3 rings (SSSR count). The lowest BCUT2D eigenvalue weighted by atomic mass is 10.1. The summed E-state index contributed by atoms with van der Waals surface area (Å²) in [5.41, 5.74) is 3.90. The fourth-order valence-electron chi connectivity index (χ4n) is 3.03. The lowest BCUT2D eigenvalue weighted by Crippen LogP contribution is -2.31. The first-order chi connectivity index (χ1) is 12.1. The minimum atomic E-state index is -1.21. The number of amides is 1. The number of methoxy groups -OCH3 is 1. The number of aromatic amines is 1. The number of aryl methyl sites for hydroxylation is 1. The molecular weight excluding hydrogens is 316 g/mol. The van der Waals surface area contributed by atoms with Crippen LogP contribution in [0.4, 0.5) is 0 Å². The van der Waals surface area contributed by atoms with Crippen molar-refractivity contribution in [1.29, 1.82) is 0 Å². The first-order valence-corrected chi connectivity index (χ1v) is 8.26. The van der Waals surface area contributed by atoms with E-state index in [1.54, 1.807) is 31.4 Å². The number of ether oxygens (including phenoxy) is 1. The number of aromatic nitrogens is 1. The molecule has 0 aliphatic carbocycles. The van der Waals surface area contributed by atoms with Gasteiger partial charge in [0.2, 0.25) is 0 Å². The molecule has 3 N–H and O–H groups in total. The second-order valence-corrected chi connectivity index (χ2v) is 5.99. The minimum absolute atomic E-state index is 0.411. The number of hydrogen-bond acceptors (Lipinski definition) is 3. The predicted molar refractivity (Wildman–Crippen MR) is 97.7 cm³/mol. The number of aliphatic hydroxyl groups is 1. The van der Waals surface area contributed by atoms with Gasteiger partial charge in [0.25, 0.3) is 5.91 Å². The molecule has 0 aliphatic heterocycles.